The fourth-order valence-corrected chi connectivity index (χ4v) is 3.41. The van der Waals surface area contributed by atoms with Gasteiger partial charge in [0.15, 0.2) is 0 Å². The summed E-state index contributed by atoms with van der Waals surface area (Å²) in [5.41, 5.74) is 2.74. The molecule has 0 aliphatic heterocycles. The first-order valence-corrected chi connectivity index (χ1v) is 9.86. The summed E-state index contributed by atoms with van der Waals surface area (Å²) in [7, 11) is 0. The summed E-state index contributed by atoms with van der Waals surface area (Å²) in [6, 6.07) is 16.7. The number of hydrogen-bond acceptors (Lipinski definition) is 2. The molecule has 1 heterocycles. The van der Waals surface area contributed by atoms with Crippen molar-refractivity contribution in [2.45, 2.75) is 26.2 Å². The van der Waals surface area contributed by atoms with Crippen LogP contribution in [0.5, 0.6) is 0 Å². The number of nitrogens with one attached hydrogen (secondary N) is 1. The minimum absolute atomic E-state index is 0.209. The van der Waals surface area contributed by atoms with Crippen molar-refractivity contribution in [3.8, 4) is 11.3 Å². The first-order valence-electron chi connectivity index (χ1n) is 9.10. The summed E-state index contributed by atoms with van der Waals surface area (Å²) >= 11 is 12.1. The van der Waals surface area contributed by atoms with Crippen molar-refractivity contribution in [3.63, 3.8) is 0 Å². The van der Waals surface area contributed by atoms with Gasteiger partial charge < -0.3 is 9.73 Å². The highest BCUT2D eigenvalue weighted by atomic mass is 35.5. The number of amides is 1. The lowest BCUT2D eigenvalue weighted by Gasteiger charge is -2.14. The van der Waals surface area contributed by atoms with Gasteiger partial charge in [-0.3, -0.25) is 4.79 Å². The number of halogens is 2. The predicted molar refractivity (Wildman–Crippen MR) is 117 cm³/mol. The van der Waals surface area contributed by atoms with Crippen LogP contribution in [0.15, 0.2) is 65.1 Å². The molecule has 144 valence electrons. The molecule has 0 aliphatic rings. The summed E-state index contributed by atoms with van der Waals surface area (Å²) in [6.45, 7) is 4.28. The monoisotopic (exact) mass is 413 g/mol. The van der Waals surface area contributed by atoms with Crippen molar-refractivity contribution >= 4 is 40.9 Å². The van der Waals surface area contributed by atoms with Crippen LogP contribution in [0.3, 0.4) is 0 Å². The van der Waals surface area contributed by atoms with Crippen LogP contribution in [0.2, 0.25) is 10.0 Å². The molecule has 5 heteroatoms. The Morgan fingerprint density at radius 2 is 1.82 bits per heavy atom. The van der Waals surface area contributed by atoms with Crippen molar-refractivity contribution in [2.75, 3.05) is 5.32 Å². The number of carbonyl (C=O) groups is 1. The quantitative estimate of drug-likeness (QED) is 0.427. The average Bonchev–Trinajstić information content (AvgIpc) is 3.14. The molecule has 28 heavy (non-hydrogen) atoms. The molecule has 1 aromatic heterocycles. The summed E-state index contributed by atoms with van der Waals surface area (Å²) < 4.78 is 5.78. The number of furan rings is 1. The lowest BCUT2D eigenvalue weighted by atomic mass is 9.97. The molecule has 3 rings (SSSR count). The molecule has 0 unspecified atom stereocenters. The van der Waals surface area contributed by atoms with E-state index in [0.29, 0.717) is 27.5 Å². The fraction of sp³-hybridized carbons (Fsp3) is 0.174. The Bertz CT molecular complexity index is 987. The van der Waals surface area contributed by atoms with E-state index in [4.69, 9.17) is 27.6 Å². The smallest absolute Gasteiger partial charge is 0.248 e. The molecule has 0 saturated carbocycles. The second-order valence-corrected chi connectivity index (χ2v) is 7.45. The van der Waals surface area contributed by atoms with Crippen molar-refractivity contribution in [1.29, 1.82) is 0 Å². The second kappa shape index (κ2) is 9.13. The number of anilines is 1. The second-order valence-electron chi connectivity index (χ2n) is 6.58. The maximum absolute atomic E-state index is 12.3. The van der Waals surface area contributed by atoms with Gasteiger partial charge >= 0.3 is 0 Å². The SMILES string of the molecule is CC[C@H](C)c1ccccc1NC(=O)/C=C/c1ccc(-c2cc(Cl)cc(Cl)c2)o1. The van der Waals surface area contributed by atoms with E-state index in [9.17, 15) is 4.79 Å². The number of rotatable bonds is 6. The molecular formula is C23H21Cl2NO2. The predicted octanol–water partition coefficient (Wildman–Crippen LogP) is 7.42. The highest BCUT2D eigenvalue weighted by molar-refractivity contribution is 6.35. The Hall–Kier alpha value is -2.49. The number of carbonyl (C=O) groups excluding carboxylic acids is 1. The van der Waals surface area contributed by atoms with E-state index in [-0.39, 0.29) is 5.91 Å². The third-order valence-electron chi connectivity index (χ3n) is 4.53. The maximum atomic E-state index is 12.3. The van der Waals surface area contributed by atoms with Gasteiger partial charge in [0.05, 0.1) is 0 Å². The Morgan fingerprint density at radius 1 is 1.11 bits per heavy atom. The zero-order chi connectivity index (χ0) is 20.1. The molecule has 0 saturated heterocycles. The molecule has 0 bridgehead atoms. The van der Waals surface area contributed by atoms with Gasteiger partial charge in [-0.1, -0.05) is 55.2 Å². The summed E-state index contributed by atoms with van der Waals surface area (Å²) in [5.74, 6) is 1.36. The normalized spacial score (nSPS) is 12.3. The fourth-order valence-electron chi connectivity index (χ4n) is 2.89. The standard InChI is InChI=1S/C23H21Cl2NO2/c1-3-15(2)20-6-4-5-7-21(20)26-23(27)11-9-19-8-10-22(28-19)16-12-17(24)14-18(25)13-16/h4-15H,3H2,1-2H3,(H,26,27)/b11-9+/t15-/m0/s1. The Labute approximate surface area is 175 Å². The number of hydrogen-bond donors (Lipinski definition) is 1. The van der Waals surface area contributed by atoms with Gasteiger partial charge in [-0.2, -0.15) is 0 Å². The largest absolute Gasteiger partial charge is 0.457 e. The van der Waals surface area contributed by atoms with Gasteiger partial charge in [0.25, 0.3) is 0 Å². The Balaban J connectivity index is 1.71. The van der Waals surface area contributed by atoms with E-state index >= 15 is 0 Å². The molecule has 1 N–H and O–H groups in total. The lowest BCUT2D eigenvalue weighted by molar-refractivity contribution is -0.111. The zero-order valence-electron chi connectivity index (χ0n) is 15.7. The van der Waals surface area contributed by atoms with Gasteiger partial charge in [-0.05, 0) is 60.4 Å². The molecule has 0 spiro atoms. The third-order valence-corrected chi connectivity index (χ3v) is 4.97. The van der Waals surface area contributed by atoms with Crippen molar-refractivity contribution in [2.24, 2.45) is 0 Å². The molecule has 1 amide bonds. The average molecular weight is 414 g/mol. The first kappa shape index (κ1) is 20.2. The lowest BCUT2D eigenvalue weighted by Crippen LogP contribution is -2.10. The van der Waals surface area contributed by atoms with E-state index in [1.54, 1.807) is 30.3 Å². The van der Waals surface area contributed by atoms with Crippen LogP contribution in [0.1, 0.15) is 37.5 Å². The van der Waals surface area contributed by atoms with Crippen LogP contribution >= 0.6 is 23.2 Å². The molecule has 0 fully saturated rings. The molecule has 2 aromatic carbocycles. The highest BCUT2D eigenvalue weighted by Gasteiger charge is 2.10. The van der Waals surface area contributed by atoms with Gasteiger partial charge in [0, 0.05) is 27.4 Å². The molecule has 1 atom stereocenters. The van der Waals surface area contributed by atoms with Gasteiger partial charge in [0.2, 0.25) is 5.91 Å². The highest BCUT2D eigenvalue weighted by Crippen LogP contribution is 2.29. The maximum Gasteiger partial charge on any atom is 0.248 e. The zero-order valence-corrected chi connectivity index (χ0v) is 17.2. The first-order chi connectivity index (χ1) is 13.5. The molecular weight excluding hydrogens is 393 g/mol. The van der Waals surface area contributed by atoms with Crippen molar-refractivity contribution < 1.29 is 9.21 Å². The van der Waals surface area contributed by atoms with E-state index in [1.807, 2.05) is 30.3 Å². The van der Waals surface area contributed by atoms with Gasteiger partial charge in [-0.15, -0.1) is 0 Å². The van der Waals surface area contributed by atoms with Crippen molar-refractivity contribution in [1.82, 2.24) is 0 Å². The Kier molecular flexibility index (Phi) is 6.61. The van der Waals surface area contributed by atoms with Crippen molar-refractivity contribution in [3.05, 3.63) is 82.0 Å². The minimum Gasteiger partial charge on any atom is -0.457 e. The number of para-hydroxylation sites is 1. The molecule has 0 aliphatic carbocycles. The van der Waals surface area contributed by atoms with Gasteiger partial charge in [0.1, 0.15) is 11.5 Å². The molecule has 0 radical (unpaired) electrons. The Morgan fingerprint density at radius 3 is 2.54 bits per heavy atom. The summed E-state index contributed by atoms with van der Waals surface area (Å²) in [5, 5.41) is 4.02. The van der Waals surface area contributed by atoms with E-state index in [2.05, 4.69) is 19.2 Å². The van der Waals surface area contributed by atoms with Crippen LogP contribution in [0, 0.1) is 0 Å². The summed E-state index contributed by atoms with van der Waals surface area (Å²) in [6.07, 6.45) is 4.10. The van der Waals surface area contributed by atoms with Gasteiger partial charge in [-0.25, -0.2) is 0 Å². The van der Waals surface area contributed by atoms with Crippen LogP contribution in [0.25, 0.3) is 17.4 Å². The van der Waals surface area contributed by atoms with E-state index in [1.165, 1.54) is 6.08 Å². The molecule has 3 nitrogen and oxygen atoms in total. The molecule has 3 aromatic rings. The van der Waals surface area contributed by atoms with E-state index in [0.717, 1.165) is 23.2 Å². The van der Waals surface area contributed by atoms with Crippen LogP contribution < -0.4 is 5.32 Å². The van der Waals surface area contributed by atoms with E-state index < -0.39 is 0 Å². The van der Waals surface area contributed by atoms with Crippen LogP contribution in [0.4, 0.5) is 5.69 Å². The minimum atomic E-state index is -0.209. The topological polar surface area (TPSA) is 42.2 Å². The van der Waals surface area contributed by atoms with Crippen LogP contribution in [-0.4, -0.2) is 5.91 Å². The summed E-state index contributed by atoms with van der Waals surface area (Å²) in [4.78, 5) is 12.3. The third kappa shape index (κ3) is 5.06. The van der Waals surface area contributed by atoms with Crippen LogP contribution in [-0.2, 0) is 4.79 Å². The number of benzene rings is 2.